The van der Waals surface area contributed by atoms with E-state index < -0.39 is 0 Å². The van der Waals surface area contributed by atoms with Crippen LogP contribution in [0.25, 0.3) is 10.9 Å². The van der Waals surface area contributed by atoms with E-state index in [1.54, 1.807) is 18.1 Å². The molecule has 3 aromatic rings. The fourth-order valence-corrected chi connectivity index (χ4v) is 3.29. The summed E-state index contributed by atoms with van der Waals surface area (Å²) < 4.78 is 0. The molecule has 1 atom stereocenters. The van der Waals surface area contributed by atoms with Gasteiger partial charge in [-0.05, 0) is 35.4 Å². The van der Waals surface area contributed by atoms with Gasteiger partial charge in [-0.3, -0.25) is 9.78 Å². The molecule has 25 heavy (non-hydrogen) atoms. The molecule has 0 saturated carbocycles. The normalized spacial score (nSPS) is 17.0. The minimum atomic E-state index is -0.116. The van der Waals surface area contributed by atoms with Crippen molar-refractivity contribution in [2.24, 2.45) is 5.10 Å². The number of hydrogen-bond donors (Lipinski definition) is 0. The number of hydrazone groups is 1. The number of carbonyl (C=O) groups excluding carboxylic acids is 1. The molecule has 4 nitrogen and oxygen atoms in total. The van der Waals surface area contributed by atoms with Gasteiger partial charge in [-0.1, -0.05) is 41.9 Å². The number of aromatic nitrogens is 1. The van der Waals surface area contributed by atoms with E-state index in [0.29, 0.717) is 11.4 Å². The highest BCUT2D eigenvalue weighted by atomic mass is 35.5. The Morgan fingerprint density at radius 3 is 2.72 bits per heavy atom. The van der Waals surface area contributed by atoms with Gasteiger partial charge in [-0.2, -0.15) is 5.10 Å². The predicted molar refractivity (Wildman–Crippen MR) is 99.6 cm³/mol. The van der Waals surface area contributed by atoms with Crippen LogP contribution in [0.5, 0.6) is 0 Å². The molecular weight excluding hydrogens is 334 g/mol. The molecule has 124 valence electrons. The number of fused-ring (bicyclic) bond motifs is 1. The maximum absolute atomic E-state index is 12.1. The number of amides is 1. The predicted octanol–water partition coefficient (Wildman–Crippen LogP) is 4.59. The van der Waals surface area contributed by atoms with Gasteiger partial charge in [0.1, 0.15) is 0 Å². The van der Waals surface area contributed by atoms with Gasteiger partial charge in [0, 0.05) is 30.0 Å². The Kier molecular flexibility index (Phi) is 3.98. The third-order valence-corrected chi connectivity index (χ3v) is 4.68. The van der Waals surface area contributed by atoms with Crippen LogP contribution in [0.2, 0.25) is 5.02 Å². The summed E-state index contributed by atoms with van der Waals surface area (Å²) in [6, 6.07) is 17.5. The van der Waals surface area contributed by atoms with Crippen LogP contribution in [-0.4, -0.2) is 21.6 Å². The Balaban J connectivity index is 1.71. The first-order valence-corrected chi connectivity index (χ1v) is 8.47. The van der Waals surface area contributed by atoms with Crippen LogP contribution in [-0.2, 0) is 4.79 Å². The molecule has 0 N–H and O–H groups in total. The van der Waals surface area contributed by atoms with E-state index in [1.165, 1.54) is 0 Å². The molecule has 0 bridgehead atoms. The van der Waals surface area contributed by atoms with Crippen molar-refractivity contribution < 1.29 is 4.79 Å². The summed E-state index contributed by atoms with van der Waals surface area (Å²) in [5.74, 6) is -0.0740. The Hall–Kier alpha value is -2.72. The van der Waals surface area contributed by atoms with Crippen molar-refractivity contribution in [3.05, 3.63) is 76.9 Å². The molecule has 0 fully saturated rings. The lowest BCUT2D eigenvalue weighted by atomic mass is 9.97. The van der Waals surface area contributed by atoms with Crippen molar-refractivity contribution in [1.82, 2.24) is 9.99 Å². The molecule has 2 aromatic carbocycles. The molecule has 1 unspecified atom stereocenters. The second-order valence-corrected chi connectivity index (χ2v) is 6.53. The Morgan fingerprint density at radius 2 is 1.96 bits per heavy atom. The van der Waals surface area contributed by atoms with Gasteiger partial charge in [-0.25, -0.2) is 5.01 Å². The number of benzene rings is 2. The highest BCUT2D eigenvalue weighted by Crippen LogP contribution is 2.34. The lowest BCUT2D eigenvalue weighted by Crippen LogP contribution is -2.24. The SMILES string of the molecule is CC(=O)N1N=C(c2ccc(Cl)cc2)CC1c1ccc2cccnc2c1. The average molecular weight is 350 g/mol. The van der Waals surface area contributed by atoms with Crippen molar-refractivity contribution in [3.8, 4) is 0 Å². The van der Waals surface area contributed by atoms with Crippen molar-refractivity contribution in [2.45, 2.75) is 19.4 Å². The van der Waals surface area contributed by atoms with Gasteiger partial charge in [0.05, 0.1) is 17.3 Å². The lowest BCUT2D eigenvalue weighted by molar-refractivity contribution is -0.130. The zero-order valence-electron chi connectivity index (χ0n) is 13.7. The number of hydrogen-bond acceptors (Lipinski definition) is 3. The van der Waals surface area contributed by atoms with Crippen LogP contribution in [0.1, 0.15) is 30.5 Å². The maximum atomic E-state index is 12.1. The monoisotopic (exact) mass is 349 g/mol. The third kappa shape index (κ3) is 3.01. The van der Waals surface area contributed by atoms with Crippen LogP contribution in [0.15, 0.2) is 65.9 Å². The summed E-state index contributed by atoms with van der Waals surface area (Å²) in [4.78, 5) is 16.5. The molecule has 0 radical (unpaired) electrons. The van der Waals surface area contributed by atoms with E-state index >= 15 is 0 Å². The molecule has 1 amide bonds. The molecule has 2 heterocycles. The van der Waals surface area contributed by atoms with Crippen LogP contribution in [0.4, 0.5) is 0 Å². The van der Waals surface area contributed by atoms with Crippen LogP contribution in [0, 0.1) is 0 Å². The van der Waals surface area contributed by atoms with Crippen molar-refractivity contribution >= 4 is 34.1 Å². The Bertz CT molecular complexity index is 982. The number of carbonyl (C=O) groups is 1. The van der Waals surface area contributed by atoms with Crippen LogP contribution < -0.4 is 0 Å². The van der Waals surface area contributed by atoms with Gasteiger partial charge in [-0.15, -0.1) is 0 Å². The molecule has 0 spiro atoms. The van der Waals surface area contributed by atoms with Crippen molar-refractivity contribution in [1.29, 1.82) is 0 Å². The zero-order chi connectivity index (χ0) is 17.4. The molecule has 1 aliphatic rings. The zero-order valence-corrected chi connectivity index (χ0v) is 14.4. The summed E-state index contributed by atoms with van der Waals surface area (Å²) in [7, 11) is 0. The first-order valence-electron chi connectivity index (χ1n) is 8.10. The fourth-order valence-electron chi connectivity index (χ4n) is 3.17. The molecule has 0 saturated heterocycles. The lowest BCUT2D eigenvalue weighted by Gasteiger charge is -2.20. The summed E-state index contributed by atoms with van der Waals surface area (Å²) in [6.45, 7) is 1.54. The maximum Gasteiger partial charge on any atom is 0.240 e. The number of pyridine rings is 1. The average Bonchev–Trinajstić information content (AvgIpc) is 3.07. The van der Waals surface area contributed by atoms with Crippen molar-refractivity contribution in [3.63, 3.8) is 0 Å². The Morgan fingerprint density at radius 1 is 1.16 bits per heavy atom. The summed E-state index contributed by atoms with van der Waals surface area (Å²) >= 11 is 5.97. The van der Waals surface area contributed by atoms with Crippen molar-refractivity contribution in [2.75, 3.05) is 0 Å². The minimum absolute atomic E-state index is 0.0740. The standard InChI is InChI=1S/C20H16ClN3O/c1-13(25)24-20(12-19(23-24)15-6-8-17(21)9-7-15)16-5-4-14-3-2-10-22-18(14)11-16/h2-11,20H,12H2,1H3. The largest absolute Gasteiger partial charge is 0.273 e. The van der Waals surface area contributed by atoms with Gasteiger partial charge in [0.15, 0.2) is 0 Å². The summed E-state index contributed by atoms with van der Waals surface area (Å²) in [5.41, 5.74) is 3.83. The van der Waals surface area contributed by atoms with E-state index in [-0.39, 0.29) is 11.9 Å². The quantitative estimate of drug-likeness (QED) is 0.679. The molecule has 5 heteroatoms. The van der Waals surface area contributed by atoms with Gasteiger partial charge in [0.2, 0.25) is 5.91 Å². The van der Waals surface area contributed by atoms with E-state index in [9.17, 15) is 4.79 Å². The topological polar surface area (TPSA) is 45.6 Å². The second kappa shape index (κ2) is 6.30. The van der Waals surface area contributed by atoms with Crippen LogP contribution >= 0.6 is 11.6 Å². The van der Waals surface area contributed by atoms with Gasteiger partial charge < -0.3 is 0 Å². The Labute approximate surface area is 150 Å². The third-order valence-electron chi connectivity index (χ3n) is 4.43. The molecular formula is C20H16ClN3O. The van der Waals surface area contributed by atoms with E-state index in [0.717, 1.165) is 27.7 Å². The first-order chi connectivity index (χ1) is 12.1. The second-order valence-electron chi connectivity index (χ2n) is 6.09. The molecule has 4 rings (SSSR count). The van der Waals surface area contributed by atoms with E-state index in [2.05, 4.69) is 10.1 Å². The first kappa shape index (κ1) is 15.8. The summed E-state index contributed by atoms with van der Waals surface area (Å²) in [6.07, 6.45) is 2.44. The fraction of sp³-hybridized carbons (Fsp3) is 0.150. The molecule has 1 aromatic heterocycles. The number of rotatable bonds is 2. The number of nitrogens with zero attached hydrogens (tertiary/aromatic N) is 3. The smallest absolute Gasteiger partial charge is 0.240 e. The summed E-state index contributed by atoms with van der Waals surface area (Å²) in [5, 5.41) is 7.89. The van der Waals surface area contributed by atoms with E-state index in [1.807, 2.05) is 54.6 Å². The van der Waals surface area contributed by atoms with Gasteiger partial charge >= 0.3 is 0 Å². The highest BCUT2D eigenvalue weighted by molar-refractivity contribution is 6.30. The molecule has 1 aliphatic heterocycles. The minimum Gasteiger partial charge on any atom is -0.273 e. The van der Waals surface area contributed by atoms with E-state index in [4.69, 9.17) is 11.6 Å². The van der Waals surface area contributed by atoms with Crippen LogP contribution in [0.3, 0.4) is 0 Å². The highest BCUT2D eigenvalue weighted by Gasteiger charge is 2.31. The molecule has 0 aliphatic carbocycles. The number of halogens is 1. The van der Waals surface area contributed by atoms with Gasteiger partial charge in [0.25, 0.3) is 0 Å².